The number of carbonyl (C=O) groups excluding carboxylic acids is 3. The number of nitriles is 1. The largest absolute Gasteiger partial charge is 0.448 e. The third kappa shape index (κ3) is 5.96. The standard InChI is InChI=1S/C28H32N4O6/c1-27(2,3)38-26(36)30-14-23(33)24(34)31-20(13-29)11-17-5-7-18(8-6-17)19-9-10-21-22(12-19)28(37-25(21)35)15-32(4)16-28/h5-10,12,20,23,33H,11,14-16H2,1-4H3,(H,30,36)(H,31,34)/t20-,23-/m0/s1. The predicted molar refractivity (Wildman–Crippen MR) is 138 cm³/mol. The average molecular weight is 521 g/mol. The number of aliphatic hydroxyl groups excluding tert-OH is 1. The third-order valence-electron chi connectivity index (χ3n) is 6.41. The molecule has 2 aromatic carbocycles. The van der Waals surface area contributed by atoms with E-state index in [1.54, 1.807) is 26.8 Å². The van der Waals surface area contributed by atoms with Crippen LogP contribution < -0.4 is 10.6 Å². The van der Waals surface area contributed by atoms with Crippen molar-refractivity contribution in [3.05, 3.63) is 59.2 Å². The van der Waals surface area contributed by atoms with Gasteiger partial charge in [0.1, 0.15) is 17.7 Å². The van der Waals surface area contributed by atoms with Crippen LogP contribution in [-0.2, 0) is 26.3 Å². The van der Waals surface area contributed by atoms with Gasteiger partial charge in [-0.05, 0) is 56.6 Å². The Morgan fingerprint density at radius 2 is 1.84 bits per heavy atom. The van der Waals surface area contributed by atoms with Crippen molar-refractivity contribution in [2.24, 2.45) is 0 Å². The summed E-state index contributed by atoms with van der Waals surface area (Å²) in [5.41, 5.74) is 2.96. The van der Waals surface area contributed by atoms with Gasteiger partial charge in [-0.15, -0.1) is 0 Å². The van der Waals surface area contributed by atoms with Crippen LogP contribution in [0.3, 0.4) is 0 Å². The van der Waals surface area contributed by atoms with E-state index >= 15 is 0 Å². The second-order valence-corrected chi connectivity index (χ2v) is 10.8. The van der Waals surface area contributed by atoms with Gasteiger partial charge < -0.3 is 25.2 Å². The van der Waals surface area contributed by atoms with Gasteiger partial charge in [0.2, 0.25) is 0 Å². The van der Waals surface area contributed by atoms with Gasteiger partial charge in [-0.1, -0.05) is 30.3 Å². The first-order valence-corrected chi connectivity index (χ1v) is 12.4. The zero-order chi connectivity index (χ0) is 27.7. The SMILES string of the molecule is CN1CC2(C1)OC(=O)c1ccc(-c3ccc(C[C@@H](C#N)NC(=O)[C@@H](O)CNC(=O)OC(C)(C)C)cc3)cc12. The molecule has 2 amide bonds. The molecule has 200 valence electrons. The Labute approximate surface area is 221 Å². The lowest BCUT2D eigenvalue weighted by Gasteiger charge is -2.44. The maximum Gasteiger partial charge on any atom is 0.407 e. The molecule has 2 aromatic rings. The molecule has 10 heteroatoms. The van der Waals surface area contributed by atoms with Gasteiger partial charge in [0.05, 0.1) is 18.2 Å². The number of likely N-dealkylation sites (N-methyl/N-ethyl adjacent to an activating group) is 1. The number of carbonyl (C=O) groups is 3. The summed E-state index contributed by atoms with van der Waals surface area (Å²) in [5.74, 6) is -1.06. The predicted octanol–water partition coefficient (Wildman–Crippen LogP) is 2.10. The van der Waals surface area contributed by atoms with E-state index in [0.717, 1.165) is 22.3 Å². The summed E-state index contributed by atoms with van der Waals surface area (Å²) in [5, 5.41) is 24.4. The van der Waals surface area contributed by atoms with Crippen LogP contribution in [0.1, 0.15) is 42.3 Å². The number of nitrogens with one attached hydrogen (secondary N) is 2. The molecule has 0 radical (unpaired) electrons. The van der Waals surface area contributed by atoms with Gasteiger partial charge in [-0.3, -0.25) is 9.69 Å². The number of esters is 1. The quantitative estimate of drug-likeness (QED) is 0.472. The molecule has 0 saturated carbocycles. The number of hydrogen-bond acceptors (Lipinski definition) is 8. The summed E-state index contributed by atoms with van der Waals surface area (Å²) in [6.07, 6.45) is -2.05. The van der Waals surface area contributed by atoms with Crippen molar-refractivity contribution in [3.63, 3.8) is 0 Å². The van der Waals surface area contributed by atoms with Gasteiger partial charge in [0.15, 0.2) is 5.60 Å². The lowest BCUT2D eigenvalue weighted by Crippen LogP contribution is -2.57. The number of hydrogen-bond donors (Lipinski definition) is 3. The summed E-state index contributed by atoms with van der Waals surface area (Å²) in [6, 6.07) is 14.4. The molecule has 1 fully saturated rings. The summed E-state index contributed by atoms with van der Waals surface area (Å²) in [4.78, 5) is 38.4. The average Bonchev–Trinajstić information content (AvgIpc) is 3.13. The Morgan fingerprint density at radius 3 is 2.45 bits per heavy atom. The molecule has 0 unspecified atom stereocenters. The number of aliphatic hydroxyl groups is 1. The lowest BCUT2D eigenvalue weighted by molar-refractivity contribution is -0.129. The minimum atomic E-state index is -1.53. The van der Waals surface area contributed by atoms with E-state index in [2.05, 4.69) is 15.5 Å². The van der Waals surface area contributed by atoms with Crippen LogP contribution in [0, 0.1) is 11.3 Å². The molecule has 4 rings (SSSR count). The number of fused-ring (bicyclic) bond motifs is 2. The van der Waals surface area contributed by atoms with Crippen LogP contribution in [0.25, 0.3) is 11.1 Å². The van der Waals surface area contributed by atoms with Crippen LogP contribution in [0.5, 0.6) is 0 Å². The molecular formula is C28H32N4O6. The highest BCUT2D eigenvalue weighted by atomic mass is 16.6. The highest BCUT2D eigenvalue weighted by molar-refractivity contribution is 5.96. The summed E-state index contributed by atoms with van der Waals surface area (Å²) in [6.45, 7) is 6.09. The fourth-order valence-corrected chi connectivity index (χ4v) is 4.68. The van der Waals surface area contributed by atoms with Crippen molar-refractivity contribution in [2.45, 2.75) is 50.5 Å². The smallest absolute Gasteiger partial charge is 0.407 e. The zero-order valence-electron chi connectivity index (χ0n) is 21.9. The number of nitrogens with zero attached hydrogens (tertiary/aromatic N) is 2. The monoisotopic (exact) mass is 520 g/mol. The summed E-state index contributed by atoms with van der Waals surface area (Å²) < 4.78 is 10.8. The second kappa shape index (κ2) is 10.4. The number of likely N-dealkylation sites (tertiary alicyclic amines) is 1. The highest BCUT2D eigenvalue weighted by Gasteiger charge is 2.52. The Kier molecular flexibility index (Phi) is 7.44. The molecule has 1 saturated heterocycles. The maximum absolute atomic E-state index is 12.3. The highest BCUT2D eigenvalue weighted by Crippen LogP contribution is 2.44. The molecule has 3 N–H and O–H groups in total. The topological polar surface area (TPSA) is 141 Å². The molecule has 2 aliphatic rings. The summed E-state index contributed by atoms with van der Waals surface area (Å²) >= 11 is 0. The van der Waals surface area contributed by atoms with E-state index in [0.29, 0.717) is 18.7 Å². The van der Waals surface area contributed by atoms with Crippen molar-refractivity contribution in [1.82, 2.24) is 15.5 Å². The van der Waals surface area contributed by atoms with Crippen LogP contribution in [0.15, 0.2) is 42.5 Å². The fourth-order valence-electron chi connectivity index (χ4n) is 4.68. The van der Waals surface area contributed by atoms with E-state index in [1.165, 1.54) is 0 Å². The zero-order valence-corrected chi connectivity index (χ0v) is 21.9. The summed E-state index contributed by atoms with van der Waals surface area (Å²) in [7, 11) is 1.98. The molecule has 10 nitrogen and oxygen atoms in total. The number of amides is 2. The van der Waals surface area contributed by atoms with Crippen LogP contribution in [0.4, 0.5) is 4.79 Å². The molecule has 0 aliphatic carbocycles. The Hall–Kier alpha value is -3.94. The van der Waals surface area contributed by atoms with E-state index in [4.69, 9.17) is 9.47 Å². The first kappa shape index (κ1) is 27.1. The lowest BCUT2D eigenvalue weighted by atomic mass is 9.84. The van der Waals surface area contributed by atoms with Gasteiger partial charge in [0.25, 0.3) is 5.91 Å². The molecule has 2 aliphatic heterocycles. The molecule has 2 heterocycles. The normalized spacial score (nSPS) is 17.4. The van der Waals surface area contributed by atoms with Crippen LogP contribution in [0.2, 0.25) is 0 Å². The molecule has 2 atom stereocenters. The van der Waals surface area contributed by atoms with Crippen molar-refractivity contribution in [2.75, 3.05) is 26.7 Å². The molecule has 0 aromatic heterocycles. The fraction of sp³-hybridized carbons (Fsp3) is 0.429. The number of rotatable bonds is 7. The first-order chi connectivity index (χ1) is 17.9. The van der Waals surface area contributed by atoms with Gasteiger partial charge in [-0.25, -0.2) is 9.59 Å². The Morgan fingerprint density at radius 1 is 1.18 bits per heavy atom. The molecule has 1 spiro atoms. The number of benzene rings is 2. The van der Waals surface area contributed by atoms with Crippen molar-refractivity contribution in [1.29, 1.82) is 5.26 Å². The first-order valence-electron chi connectivity index (χ1n) is 12.4. The van der Waals surface area contributed by atoms with E-state index < -0.39 is 35.3 Å². The molecule has 38 heavy (non-hydrogen) atoms. The van der Waals surface area contributed by atoms with Crippen molar-refractivity contribution >= 4 is 18.0 Å². The van der Waals surface area contributed by atoms with Crippen molar-refractivity contribution in [3.8, 4) is 17.2 Å². The second-order valence-electron chi connectivity index (χ2n) is 10.8. The Balaban J connectivity index is 1.35. The number of ether oxygens (including phenoxy) is 2. The van der Waals surface area contributed by atoms with E-state index in [9.17, 15) is 24.8 Å². The van der Waals surface area contributed by atoms with Crippen LogP contribution >= 0.6 is 0 Å². The van der Waals surface area contributed by atoms with E-state index in [-0.39, 0.29) is 18.9 Å². The Bertz CT molecular complexity index is 1270. The minimum Gasteiger partial charge on any atom is -0.448 e. The molecule has 0 bridgehead atoms. The van der Waals surface area contributed by atoms with Gasteiger partial charge >= 0.3 is 12.1 Å². The van der Waals surface area contributed by atoms with Gasteiger partial charge in [0, 0.05) is 25.1 Å². The van der Waals surface area contributed by atoms with E-state index in [1.807, 2.05) is 49.5 Å². The minimum absolute atomic E-state index is 0.233. The van der Waals surface area contributed by atoms with Crippen molar-refractivity contribution < 1.29 is 29.0 Å². The maximum atomic E-state index is 12.3. The molecular weight excluding hydrogens is 488 g/mol. The van der Waals surface area contributed by atoms with Gasteiger partial charge in [-0.2, -0.15) is 5.26 Å². The van der Waals surface area contributed by atoms with Crippen LogP contribution in [-0.4, -0.2) is 72.4 Å². The number of alkyl carbamates (subject to hydrolysis) is 1. The third-order valence-corrected chi connectivity index (χ3v) is 6.41.